The van der Waals surface area contributed by atoms with Gasteiger partial charge in [-0.05, 0) is 45.8 Å². The Morgan fingerprint density at radius 3 is 2.74 bits per heavy atom. The molecule has 0 atom stereocenters. The molecule has 0 aliphatic carbocycles. The van der Waals surface area contributed by atoms with Crippen molar-refractivity contribution in [3.63, 3.8) is 0 Å². The van der Waals surface area contributed by atoms with Crippen LogP contribution in [0.5, 0.6) is 5.75 Å². The largest absolute Gasteiger partial charge is 0.495 e. The van der Waals surface area contributed by atoms with Gasteiger partial charge in [-0.15, -0.1) is 0 Å². The van der Waals surface area contributed by atoms with Crippen molar-refractivity contribution in [2.24, 2.45) is 0 Å². The summed E-state index contributed by atoms with van der Waals surface area (Å²) in [5.41, 5.74) is 1.72. The van der Waals surface area contributed by atoms with Gasteiger partial charge in [0.2, 0.25) is 0 Å². The molecule has 2 rings (SSSR count). The summed E-state index contributed by atoms with van der Waals surface area (Å²) in [7, 11) is 1.56. The molecule has 2 nitrogen and oxygen atoms in total. The first-order valence-electron chi connectivity index (χ1n) is 5.61. The van der Waals surface area contributed by atoms with E-state index in [-0.39, 0.29) is 5.82 Å². The van der Waals surface area contributed by atoms with Gasteiger partial charge in [0.25, 0.3) is 0 Å². The van der Waals surface area contributed by atoms with Crippen molar-refractivity contribution in [2.75, 3.05) is 12.4 Å². The van der Waals surface area contributed by atoms with E-state index in [9.17, 15) is 4.39 Å². The zero-order valence-electron chi connectivity index (χ0n) is 10.2. The summed E-state index contributed by atoms with van der Waals surface area (Å²) >= 11 is 9.07. The summed E-state index contributed by atoms with van der Waals surface area (Å²) in [4.78, 5) is 0. The SMILES string of the molecule is COc1cc(NCc2ccc(Br)c(F)c2)ccc1Cl. The third kappa shape index (κ3) is 3.61. The Hall–Kier alpha value is -1.26. The highest BCUT2D eigenvalue weighted by atomic mass is 79.9. The Bertz CT molecular complexity index is 592. The van der Waals surface area contributed by atoms with E-state index in [1.807, 2.05) is 12.1 Å². The molecule has 0 heterocycles. The zero-order chi connectivity index (χ0) is 13.8. The van der Waals surface area contributed by atoms with Crippen LogP contribution in [0.1, 0.15) is 5.56 Å². The molecule has 19 heavy (non-hydrogen) atoms. The van der Waals surface area contributed by atoms with Crippen LogP contribution >= 0.6 is 27.5 Å². The van der Waals surface area contributed by atoms with Gasteiger partial charge >= 0.3 is 0 Å². The van der Waals surface area contributed by atoms with Crippen molar-refractivity contribution in [3.8, 4) is 5.75 Å². The molecule has 0 fully saturated rings. The van der Waals surface area contributed by atoms with Gasteiger partial charge in [-0.3, -0.25) is 0 Å². The van der Waals surface area contributed by atoms with E-state index in [4.69, 9.17) is 16.3 Å². The Morgan fingerprint density at radius 2 is 2.05 bits per heavy atom. The smallest absolute Gasteiger partial charge is 0.139 e. The minimum Gasteiger partial charge on any atom is -0.495 e. The van der Waals surface area contributed by atoms with Gasteiger partial charge in [0.15, 0.2) is 0 Å². The summed E-state index contributed by atoms with van der Waals surface area (Å²) in [6.45, 7) is 0.523. The number of methoxy groups -OCH3 is 1. The molecular formula is C14H12BrClFNO. The first-order valence-corrected chi connectivity index (χ1v) is 6.78. The number of halogens is 3. The van der Waals surface area contributed by atoms with Crippen molar-refractivity contribution in [1.29, 1.82) is 0 Å². The maximum absolute atomic E-state index is 13.4. The maximum atomic E-state index is 13.4. The zero-order valence-corrected chi connectivity index (χ0v) is 12.6. The fourth-order valence-corrected chi connectivity index (χ4v) is 2.06. The Labute approximate surface area is 124 Å². The fraction of sp³-hybridized carbons (Fsp3) is 0.143. The molecule has 1 N–H and O–H groups in total. The molecule has 2 aromatic carbocycles. The van der Waals surface area contributed by atoms with Crippen LogP contribution in [-0.2, 0) is 6.54 Å². The fourth-order valence-electron chi connectivity index (χ4n) is 1.62. The van der Waals surface area contributed by atoms with Gasteiger partial charge in [-0.2, -0.15) is 0 Å². The Morgan fingerprint density at radius 1 is 1.26 bits per heavy atom. The van der Waals surface area contributed by atoms with E-state index in [1.165, 1.54) is 6.07 Å². The summed E-state index contributed by atoms with van der Waals surface area (Å²) in [6, 6.07) is 10.4. The molecule has 0 aliphatic heterocycles. The molecule has 0 unspecified atom stereocenters. The lowest BCUT2D eigenvalue weighted by Gasteiger charge is -2.09. The van der Waals surface area contributed by atoms with E-state index in [1.54, 1.807) is 25.3 Å². The quantitative estimate of drug-likeness (QED) is 0.855. The molecule has 2 aromatic rings. The lowest BCUT2D eigenvalue weighted by atomic mass is 10.2. The van der Waals surface area contributed by atoms with Gasteiger partial charge in [0, 0.05) is 18.3 Å². The third-order valence-corrected chi connectivity index (χ3v) is 3.59. The number of benzene rings is 2. The molecule has 0 aliphatic rings. The summed E-state index contributed by atoms with van der Waals surface area (Å²) in [5.74, 6) is 0.335. The Kier molecular flexibility index (Phi) is 4.66. The minimum absolute atomic E-state index is 0.270. The van der Waals surface area contributed by atoms with Gasteiger partial charge < -0.3 is 10.1 Å². The molecule has 0 saturated heterocycles. The van der Waals surface area contributed by atoms with E-state index in [0.29, 0.717) is 21.8 Å². The molecule has 0 bridgehead atoms. The van der Waals surface area contributed by atoms with Crippen molar-refractivity contribution in [1.82, 2.24) is 0 Å². The Balaban J connectivity index is 2.07. The minimum atomic E-state index is -0.270. The number of anilines is 1. The highest BCUT2D eigenvalue weighted by Crippen LogP contribution is 2.27. The molecule has 0 saturated carbocycles. The summed E-state index contributed by atoms with van der Waals surface area (Å²) < 4.78 is 19.0. The number of hydrogen-bond donors (Lipinski definition) is 1. The predicted octanol–water partition coefficient (Wildman–Crippen LogP) is 4.86. The van der Waals surface area contributed by atoms with Crippen molar-refractivity contribution in [3.05, 3.63) is 57.3 Å². The van der Waals surface area contributed by atoms with Crippen LogP contribution in [-0.4, -0.2) is 7.11 Å². The first-order chi connectivity index (χ1) is 9.10. The van der Waals surface area contributed by atoms with Crippen LogP contribution in [0.4, 0.5) is 10.1 Å². The third-order valence-electron chi connectivity index (χ3n) is 2.63. The lowest BCUT2D eigenvalue weighted by molar-refractivity contribution is 0.415. The summed E-state index contributed by atoms with van der Waals surface area (Å²) in [5, 5.41) is 3.75. The number of ether oxygens (including phenoxy) is 1. The van der Waals surface area contributed by atoms with Crippen LogP contribution in [0.25, 0.3) is 0 Å². The molecular weight excluding hydrogens is 333 g/mol. The van der Waals surface area contributed by atoms with Crippen molar-refractivity contribution >= 4 is 33.2 Å². The topological polar surface area (TPSA) is 21.3 Å². The number of nitrogens with one attached hydrogen (secondary N) is 1. The molecule has 5 heteroatoms. The van der Waals surface area contributed by atoms with Crippen molar-refractivity contribution < 1.29 is 9.13 Å². The predicted molar refractivity (Wildman–Crippen MR) is 79.4 cm³/mol. The average Bonchev–Trinajstić information content (AvgIpc) is 2.41. The van der Waals surface area contributed by atoms with E-state index >= 15 is 0 Å². The average molecular weight is 345 g/mol. The van der Waals surface area contributed by atoms with Gasteiger partial charge in [0.05, 0.1) is 16.6 Å². The van der Waals surface area contributed by atoms with E-state index < -0.39 is 0 Å². The standard InChI is InChI=1S/C14H12BrClFNO/c1-19-14-7-10(3-5-12(14)16)18-8-9-2-4-11(15)13(17)6-9/h2-7,18H,8H2,1H3. The van der Waals surface area contributed by atoms with Crippen LogP contribution in [0.2, 0.25) is 5.02 Å². The molecule has 0 aromatic heterocycles. The first kappa shape index (κ1) is 14.2. The normalized spacial score (nSPS) is 10.3. The second-order valence-corrected chi connectivity index (χ2v) is 5.21. The maximum Gasteiger partial charge on any atom is 0.139 e. The summed E-state index contributed by atoms with van der Waals surface area (Å²) in [6.07, 6.45) is 0. The van der Waals surface area contributed by atoms with Gasteiger partial charge in [0.1, 0.15) is 11.6 Å². The van der Waals surface area contributed by atoms with Crippen molar-refractivity contribution in [2.45, 2.75) is 6.54 Å². The lowest BCUT2D eigenvalue weighted by Crippen LogP contribution is -2.00. The van der Waals surface area contributed by atoms with Gasteiger partial charge in [-0.25, -0.2) is 4.39 Å². The number of hydrogen-bond acceptors (Lipinski definition) is 2. The van der Waals surface area contributed by atoms with Gasteiger partial charge in [-0.1, -0.05) is 17.7 Å². The van der Waals surface area contributed by atoms with Crippen LogP contribution in [0.3, 0.4) is 0 Å². The number of rotatable bonds is 4. The highest BCUT2D eigenvalue weighted by molar-refractivity contribution is 9.10. The second-order valence-electron chi connectivity index (χ2n) is 3.95. The van der Waals surface area contributed by atoms with E-state index in [2.05, 4.69) is 21.2 Å². The molecule has 0 amide bonds. The monoisotopic (exact) mass is 343 g/mol. The van der Waals surface area contributed by atoms with E-state index in [0.717, 1.165) is 11.3 Å². The molecule has 100 valence electrons. The highest BCUT2D eigenvalue weighted by Gasteiger charge is 2.03. The van der Waals surface area contributed by atoms with Crippen LogP contribution < -0.4 is 10.1 Å². The van der Waals surface area contributed by atoms with Crippen LogP contribution in [0.15, 0.2) is 40.9 Å². The van der Waals surface area contributed by atoms with Crippen LogP contribution in [0, 0.1) is 5.82 Å². The molecule has 0 spiro atoms. The second kappa shape index (κ2) is 6.26. The molecule has 0 radical (unpaired) electrons.